The molecule has 5 heteroatoms. The quantitative estimate of drug-likeness (QED) is 0.669. The molecule has 23 heavy (non-hydrogen) atoms. The third-order valence-corrected chi connectivity index (χ3v) is 3.59. The third-order valence-electron chi connectivity index (χ3n) is 3.25. The molecule has 120 valence electrons. The molecule has 2 aromatic rings. The summed E-state index contributed by atoms with van der Waals surface area (Å²) in [5, 5.41) is 4.46. The van der Waals surface area contributed by atoms with Crippen molar-refractivity contribution < 1.29 is 9.53 Å². The van der Waals surface area contributed by atoms with E-state index in [1.807, 2.05) is 51.1 Å². The minimum Gasteiger partial charge on any atom is -0.483 e. The second-order valence-corrected chi connectivity index (χ2v) is 5.74. The summed E-state index contributed by atoms with van der Waals surface area (Å²) in [6.07, 6.45) is 1.50. The maximum atomic E-state index is 11.8. The van der Waals surface area contributed by atoms with E-state index in [9.17, 15) is 4.79 Å². The lowest BCUT2D eigenvalue weighted by Crippen LogP contribution is -2.25. The van der Waals surface area contributed by atoms with Gasteiger partial charge >= 0.3 is 0 Å². The molecule has 0 bridgehead atoms. The molecular formula is C18H19ClN2O2. The van der Waals surface area contributed by atoms with Gasteiger partial charge in [-0.15, -0.1) is 0 Å². The molecule has 0 atom stereocenters. The van der Waals surface area contributed by atoms with E-state index in [2.05, 4.69) is 10.5 Å². The molecule has 0 spiro atoms. The summed E-state index contributed by atoms with van der Waals surface area (Å²) >= 11 is 6.00. The van der Waals surface area contributed by atoms with Crippen LogP contribution in [0.1, 0.15) is 22.3 Å². The number of rotatable bonds is 5. The molecular weight excluding hydrogens is 312 g/mol. The van der Waals surface area contributed by atoms with Gasteiger partial charge in [0.15, 0.2) is 6.61 Å². The monoisotopic (exact) mass is 330 g/mol. The Labute approximate surface area is 141 Å². The molecule has 0 aromatic heterocycles. The van der Waals surface area contributed by atoms with Crippen LogP contribution < -0.4 is 10.2 Å². The number of benzene rings is 2. The minimum absolute atomic E-state index is 0.0927. The predicted molar refractivity (Wildman–Crippen MR) is 93.3 cm³/mol. The molecule has 2 aromatic carbocycles. The SMILES string of the molecule is Cc1cc(C)c(OCC(=O)N/N=C/c2ccccc2Cl)c(C)c1. The van der Waals surface area contributed by atoms with E-state index in [-0.39, 0.29) is 12.5 Å². The Morgan fingerprint density at radius 3 is 2.52 bits per heavy atom. The molecule has 0 saturated heterocycles. The fourth-order valence-corrected chi connectivity index (χ4v) is 2.50. The largest absolute Gasteiger partial charge is 0.483 e. The maximum absolute atomic E-state index is 11.8. The number of hydrazone groups is 1. The van der Waals surface area contributed by atoms with Gasteiger partial charge in [-0.1, -0.05) is 47.5 Å². The summed E-state index contributed by atoms with van der Waals surface area (Å²) in [5.41, 5.74) is 6.35. The number of aryl methyl sites for hydroxylation is 3. The molecule has 0 aliphatic rings. The molecule has 0 saturated carbocycles. The van der Waals surface area contributed by atoms with Gasteiger partial charge in [-0.05, 0) is 38.0 Å². The topological polar surface area (TPSA) is 50.7 Å². The zero-order chi connectivity index (χ0) is 16.8. The number of nitrogens with one attached hydrogen (secondary N) is 1. The zero-order valence-electron chi connectivity index (χ0n) is 13.4. The fourth-order valence-electron chi connectivity index (χ4n) is 2.32. The average molecular weight is 331 g/mol. The van der Waals surface area contributed by atoms with Crippen molar-refractivity contribution in [3.8, 4) is 5.75 Å². The molecule has 0 aliphatic carbocycles. The van der Waals surface area contributed by atoms with Gasteiger partial charge in [0, 0.05) is 10.6 Å². The molecule has 4 nitrogen and oxygen atoms in total. The number of hydrogen-bond acceptors (Lipinski definition) is 3. The molecule has 0 heterocycles. The number of carbonyl (C=O) groups excluding carboxylic acids is 1. The summed E-state index contributed by atoms with van der Waals surface area (Å²) in [5.74, 6) is 0.411. The first-order valence-electron chi connectivity index (χ1n) is 7.24. The first kappa shape index (κ1) is 17.0. The van der Waals surface area contributed by atoms with Crippen LogP contribution in [-0.4, -0.2) is 18.7 Å². The smallest absolute Gasteiger partial charge is 0.277 e. The van der Waals surface area contributed by atoms with Crippen LogP contribution >= 0.6 is 11.6 Å². The van der Waals surface area contributed by atoms with Crippen molar-refractivity contribution in [1.29, 1.82) is 0 Å². The van der Waals surface area contributed by atoms with Gasteiger partial charge in [-0.25, -0.2) is 5.43 Å². The Morgan fingerprint density at radius 1 is 1.22 bits per heavy atom. The van der Waals surface area contributed by atoms with Crippen LogP contribution in [0.5, 0.6) is 5.75 Å². The van der Waals surface area contributed by atoms with Crippen molar-refractivity contribution in [1.82, 2.24) is 5.43 Å². The summed E-state index contributed by atoms with van der Waals surface area (Å²) in [7, 11) is 0. The summed E-state index contributed by atoms with van der Waals surface area (Å²) < 4.78 is 5.60. The predicted octanol–water partition coefficient (Wildman–Crippen LogP) is 3.79. The lowest BCUT2D eigenvalue weighted by Gasteiger charge is -2.12. The third kappa shape index (κ3) is 4.83. The van der Waals surface area contributed by atoms with Gasteiger partial charge in [0.25, 0.3) is 5.91 Å². The molecule has 2 rings (SSSR count). The number of hydrogen-bond donors (Lipinski definition) is 1. The Bertz CT molecular complexity index is 719. The van der Waals surface area contributed by atoms with Gasteiger partial charge < -0.3 is 4.74 Å². The van der Waals surface area contributed by atoms with E-state index >= 15 is 0 Å². The number of amides is 1. The van der Waals surface area contributed by atoms with Gasteiger partial charge in [0.05, 0.1) is 6.21 Å². The van der Waals surface area contributed by atoms with Crippen molar-refractivity contribution in [3.63, 3.8) is 0 Å². The van der Waals surface area contributed by atoms with Crippen LogP contribution in [0.15, 0.2) is 41.5 Å². The van der Waals surface area contributed by atoms with Crippen LogP contribution in [0.2, 0.25) is 5.02 Å². The standard InChI is InChI=1S/C18H19ClN2O2/c1-12-8-13(2)18(14(3)9-12)23-11-17(22)21-20-10-15-6-4-5-7-16(15)19/h4-10H,11H2,1-3H3,(H,21,22)/b20-10+. The van der Waals surface area contributed by atoms with Gasteiger partial charge in [0.2, 0.25) is 0 Å². The highest BCUT2D eigenvalue weighted by molar-refractivity contribution is 6.33. The Hall–Kier alpha value is -2.33. The highest BCUT2D eigenvalue weighted by Gasteiger charge is 2.07. The lowest BCUT2D eigenvalue weighted by atomic mass is 10.1. The second kappa shape index (κ2) is 7.79. The first-order chi connectivity index (χ1) is 11.0. The average Bonchev–Trinajstić information content (AvgIpc) is 2.48. The summed E-state index contributed by atoms with van der Waals surface area (Å²) in [6.45, 7) is 5.86. The van der Waals surface area contributed by atoms with E-state index in [0.29, 0.717) is 5.02 Å². The molecule has 0 radical (unpaired) electrons. The van der Waals surface area contributed by atoms with Crippen LogP contribution in [-0.2, 0) is 4.79 Å². The summed E-state index contributed by atoms with van der Waals surface area (Å²) in [4.78, 5) is 11.8. The van der Waals surface area contributed by atoms with Gasteiger partial charge in [-0.3, -0.25) is 4.79 Å². The second-order valence-electron chi connectivity index (χ2n) is 5.33. The molecule has 1 amide bonds. The van der Waals surface area contributed by atoms with Crippen LogP contribution in [0.3, 0.4) is 0 Å². The number of halogens is 1. The number of ether oxygens (including phenoxy) is 1. The van der Waals surface area contributed by atoms with Gasteiger partial charge in [0.1, 0.15) is 5.75 Å². The number of carbonyl (C=O) groups is 1. The minimum atomic E-state index is -0.326. The van der Waals surface area contributed by atoms with E-state index < -0.39 is 0 Å². The maximum Gasteiger partial charge on any atom is 0.277 e. The Morgan fingerprint density at radius 2 is 1.87 bits per heavy atom. The van der Waals surface area contributed by atoms with Crippen molar-refractivity contribution in [2.75, 3.05) is 6.61 Å². The summed E-state index contributed by atoms with van der Waals surface area (Å²) in [6, 6.07) is 11.3. The molecule has 0 unspecified atom stereocenters. The van der Waals surface area contributed by atoms with Crippen molar-refractivity contribution in [2.45, 2.75) is 20.8 Å². The van der Waals surface area contributed by atoms with Crippen molar-refractivity contribution >= 4 is 23.7 Å². The highest BCUT2D eigenvalue weighted by Crippen LogP contribution is 2.24. The van der Waals surface area contributed by atoms with Crippen LogP contribution in [0, 0.1) is 20.8 Å². The zero-order valence-corrected chi connectivity index (χ0v) is 14.1. The Kier molecular flexibility index (Phi) is 5.77. The first-order valence-corrected chi connectivity index (χ1v) is 7.62. The Balaban J connectivity index is 1.90. The van der Waals surface area contributed by atoms with Gasteiger partial charge in [-0.2, -0.15) is 5.10 Å². The van der Waals surface area contributed by atoms with E-state index in [0.717, 1.165) is 22.4 Å². The molecule has 0 aliphatic heterocycles. The van der Waals surface area contributed by atoms with E-state index in [1.165, 1.54) is 11.8 Å². The fraction of sp³-hybridized carbons (Fsp3) is 0.222. The van der Waals surface area contributed by atoms with Crippen LogP contribution in [0.25, 0.3) is 0 Å². The normalized spacial score (nSPS) is 10.8. The highest BCUT2D eigenvalue weighted by atomic mass is 35.5. The number of nitrogens with zero attached hydrogens (tertiary/aromatic N) is 1. The van der Waals surface area contributed by atoms with Crippen molar-refractivity contribution in [2.24, 2.45) is 5.10 Å². The lowest BCUT2D eigenvalue weighted by molar-refractivity contribution is -0.123. The molecule has 1 N–H and O–H groups in total. The van der Waals surface area contributed by atoms with Crippen molar-refractivity contribution in [3.05, 3.63) is 63.7 Å². The van der Waals surface area contributed by atoms with Crippen LogP contribution in [0.4, 0.5) is 0 Å². The van der Waals surface area contributed by atoms with E-state index in [1.54, 1.807) is 6.07 Å². The molecule has 0 fully saturated rings. The van der Waals surface area contributed by atoms with E-state index in [4.69, 9.17) is 16.3 Å².